The normalized spacial score (nSPS) is 19.1. The number of hydrogen-bond acceptors (Lipinski definition) is 4. The monoisotopic (exact) mass is 248 g/mol. The molecular weight excluding hydrogens is 228 g/mol. The average molecular weight is 248 g/mol. The highest BCUT2D eigenvalue weighted by atomic mass is 16.2. The molecule has 18 heavy (non-hydrogen) atoms. The molecule has 2 heterocycles. The molecule has 98 valence electrons. The minimum absolute atomic E-state index is 0.0828. The van der Waals surface area contributed by atoms with Crippen LogP contribution in [0.2, 0.25) is 0 Å². The van der Waals surface area contributed by atoms with Gasteiger partial charge in [0, 0.05) is 33.4 Å². The molecule has 1 aliphatic rings. The Kier molecular flexibility index (Phi) is 3.81. The van der Waals surface area contributed by atoms with Crippen molar-refractivity contribution >= 4 is 11.7 Å². The summed E-state index contributed by atoms with van der Waals surface area (Å²) in [5.41, 5.74) is 6.68. The summed E-state index contributed by atoms with van der Waals surface area (Å²) in [6, 6.07) is 3.80. The fourth-order valence-corrected chi connectivity index (χ4v) is 2.34. The van der Waals surface area contributed by atoms with E-state index in [1.807, 2.05) is 12.1 Å². The van der Waals surface area contributed by atoms with Crippen LogP contribution >= 0.6 is 0 Å². The number of aromatic nitrogens is 1. The predicted octanol–water partition coefficient (Wildman–Crippen LogP) is 0.597. The fourth-order valence-electron chi connectivity index (χ4n) is 2.34. The van der Waals surface area contributed by atoms with Crippen LogP contribution in [0.3, 0.4) is 0 Å². The quantitative estimate of drug-likeness (QED) is 0.850. The van der Waals surface area contributed by atoms with Crippen molar-refractivity contribution in [3.05, 3.63) is 23.9 Å². The van der Waals surface area contributed by atoms with E-state index in [0.717, 1.165) is 30.8 Å². The van der Waals surface area contributed by atoms with Crippen LogP contribution in [-0.4, -0.2) is 42.5 Å². The first-order valence-corrected chi connectivity index (χ1v) is 6.26. The molecule has 5 nitrogen and oxygen atoms in total. The second kappa shape index (κ2) is 5.35. The van der Waals surface area contributed by atoms with E-state index in [1.165, 1.54) is 0 Å². The molecule has 1 amide bonds. The zero-order valence-corrected chi connectivity index (χ0v) is 11.0. The van der Waals surface area contributed by atoms with Crippen LogP contribution in [0.1, 0.15) is 18.4 Å². The summed E-state index contributed by atoms with van der Waals surface area (Å²) in [7, 11) is 3.59. The summed E-state index contributed by atoms with van der Waals surface area (Å²) in [5.74, 6) is 1.00. The molecule has 0 aliphatic carbocycles. The van der Waals surface area contributed by atoms with Crippen molar-refractivity contribution in [2.24, 2.45) is 5.73 Å². The van der Waals surface area contributed by atoms with Gasteiger partial charge in [0.25, 0.3) is 0 Å². The molecule has 0 bridgehead atoms. The maximum Gasteiger partial charge on any atom is 0.244 e. The predicted molar refractivity (Wildman–Crippen MR) is 71.2 cm³/mol. The van der Waals surface area contributed by atoms with Gasteiger partial charge < -0.3 is 15.5 Å². The molecular formula is C13H20N4O. The number of hydrogen-bond donors (Lipinski definition) is 1. The van der Waals surface area contributed by atoms with Crippen LogP contribution in [-0.2, 0) is 11.3 Å². The molecule has 1 atom stereocenters. The molecule has 1 saturated heterocycles. The Morgan fingerprint density at radius 3 is 3.06 bits per heavy atom. The highest BCUT2D eigenvalue weighted by Crippen LogP contribution is 2.25. The molecule has 0 saturated carbocycles. The topological polar surface area (TPSA) is 62.5 Å². The third-order valence-corrected chi connectivity index (χ3v) is 3.32. The minimum Gasteiger partial charge on any atom is -0.347 e. The third kappa shape index (κ3) is 2.46. The van der Waals surface area contributed by atoms with Gasteiger partial charge in [-0.3, -0.25) is 4.79 Å². The third-order valence-electron chi connectivity index (χ3n) is 3.32. The number of carbonyl (C=O) groups excluding carboxylic acids is 1. The second-order valence-corrected chi connectivity index (χ2v) is 4.81. The summed E-state index contributed by atoms with van der Waals surface area (Å²) in [5, 5.41) is 0. The molecule has 2 rings (SSSR count). The molecule has 5 heteroatoms. The lowest BCUT2D eigenvalue weighted by Gasteiger charge is -2.27. The average Bonchev–Trinajstić information content (AvgIpc) is 2.86. The summed E-state index contributed by atoms with van der Waals surface area (Å²) in [6.45, 7) is 1.38. The SMILES string of the molecule is CN(C)C(=O)C1CCCN1c1cc(CN)ccn1. The molecule has 1 fully saturated rings. The highest BCUT2D eigenvalue weighted by molar-refractivity contribution is 5.85. The molecule has 2 N–H and O–H groups in total. The molecule has 0 aromatic carbocycles. The van der Waals surface area contributed by atoms with Gasteiger partial charge in [-0.1, -0.05) is 0 Å². The number of anilines is 1. The van der Waals surface area contributed by atoms with Crippen molar-refractivity contribution in [2.75, 3.05) is 25.5 Å². The Balaban J connectivity index is 2.23. The van der Waals surface area contributed by atoms with E-state index in [1.54, 1.807) is 25.2 Å². The summed E-state index contributed by atoms with van der Waals surface area (Å²) in [4.78, 5) is 20.2. The van der Waals surface area contributed by atoms with Crippen LogP contribution in [0, 0.1) is 0 Å². The lowest BCUT2D eigenvalue weighted by atomic mass is 10.2. The van der Waals surface area contributed by atoms with Crippen LogP contribution in [0.4, 0.5) is 5.82 Å². The summed E-state index contributed by atoms with van der Waals surface area (Å²) >= 11 is 0. The van der Waals surface area contributed by atoms with Crippen molar-refractivity contribution in [3.63, 3.8) is 0 Å². The molecule has 0 radical (unpaired) electrons. The van der Waals surface area contributed by atoms with Gasteiger partial charge in [-0.05, 0) is 30.5 Å². The largest absolute Gasteiger partial charge is 0.347 e. The van der Waals surface area contributed by atoms with Crippen LogP contribution < -0.4 is 10.6 Å². The Labute approximate surface area is 108 Å². The number of rotatable bonds is 3. The first-order chi connectivity index (χ1) is 8.63. The van der Waals surface area contributed by atoms with Crippen molar-refractivity contribution in [2.45, 2.75) is 25.4 Å². The standard InChI is InChI=1S/C13H20N4O/c1-16(2)13(18)11-4-3-7-17(11)12-8-10(9-14)5-6-15-12/h5-6,8,11H,3-4,7,9,14H2,1-2H3. The number of amides is 1. The highest BCUT2D eigenvalue weighted by Gasteiger charge is 2.32. The number of nitrogens with zero attached hydrogens (tertiary/aromatic N) is 3. The zero-order valence-electron chi connectivity index (χ0n) is 11.0. The fraction of sp³-hybridized carbons (Fsp3) is 0.538. The first-order valence-electron chi connectivity index (χ1n) is 6.26. The van der Waals surface area contributed by atoms with Crippen molar-refractivity contribution < 1.29 is 4.79 Å². The Morgan fingerprint density at radius 1 is 1.61 bits per heavy atom. The van der Waals surface area contributed by atoms with Gasteiger partial charge in [0.2, 0.25) is 5.91 Å². The molecule has 1 aliphatic heterocycles. The number of carbonyl (C=O) groups is 1. The molecule has 1 unspecified atom stereocenters. The van der Waals surface area contributed by atoms with E-state index >= 15 is 0 Å². The minimum atomic E-state index is -0.0828. The summed E-state index contributed by atoms with van der Waals surface area (Å²) < 4.78 is 0. The maximum atomic E-state index is 12.1. The van der Waals surface area contributed by atoms with Crippen molar-refractivity contribution in [3.8, 4) is 0 Å². The van der Waals surface area contributed by atoms with E-state index in [2.05, 4.69) is 9.88 Å². The maximum absolute atomic E-state index is 12.1. The van der Waals surface area contributed by atoms with Gasteiger partial charge in [0.1, 0.15) is 11.9 Å². The van der Waals surface area contributed by atoms with Gasteiger partial charge in [0.15, 0.2) is 0 Å². The van der Waals surface area contributed by atoms with Gasteiger partial charge in [-0.15, -0.1) is 0 Å². The van der Waals surface area contributed by atoms with Crippen LogP contribution in [0.15, 0.2) is 18.3 Å². The van der Waals surface area contributed by atoms with Crippen LogP contribution in [0.25, 0.3) is 0 Å². The van der Waals surface area contributed by atoms with E-state index in [-0.39, 0.29) is 11.9 Å². The van der Waals surface area contributed by atoms with E-state index in [9.17, 15) is 4.79 Å². The van der Waals surface area contributed by atoms with E-state index < -0.39 is 0 Å². The lowest BCUT2D eigenvalue weighted by Crippen LogP contribution is -2.43. The molecule has 0 spiro atoms. The number of likely N-dealkylation sites (N-methyl/N-ethyl adjacent to an activating group) is 1. The Bertz CT molecular complexity index is 433. The van der Waals surface area contributed by atoms with E-state index in [0.29, 0.717) is 6.54 Å². The lowest BCUT2D eigenvalue weighted by molar-refractivity contribution is -0.129. The van der Waals surface area contributed by atoms with Gasteiger partial charge in [0.05, 0.1) is 0 Å². The second-order valence-electron chi connectivity index (χ2n) is 4.81. The Hall–Kier alpha value is -1.62. The van der Waals surface area contributed by atoms with Gasteiger partial charge in [-0.25, -0.2) is 4.98 Å². The number of pyridine rings is 1. The number of nitrogens with two attached hydrogens (primary N) is 1. The van der Waals surface area contributed by atoms with Crippen molar-refractivity contribution in [1.29, 1.82) is 0 Å². The Morgan fingerprint density at radius 2 is 2.39 bits per heavy atom. The molecule has 1 aromatic heterocycles. The van der Waals surface area contributed by atoms with Gasteiger partial charge in [-0.2, -0.15) is 0 Å². The smallest absolute Gasteiger partial charge is 0.244 e. The van der Waals surface area contributed by atoms with Crippen LogP contribution in [0.5, 0.6) is 0 Å². The molecule has 1 aromatic rings. The van der Waals surface area contributed by atoms with Gasteiger partial charge >= 0.3 is 0 Å². The summed E-state index contributed by atoms with van der Waals surface area (Å²) in [6.07, 6.45) is 3.68. The van der Waals surface area contributed by atoms with E-state index in [4.69, 9.17) is 5.73 Å². The first kappa shape index (κ1) is 12.8. The zero-order chi connectivity index (χ0) is 13.1. The van der Waals surface area contributed by atoms with Crippen molar-refractivity contribution in [1.82, 2.24) is 9.88 Å².